The van der Waals surface area contributed by atoms with Crippen LogP contribution in [0.3, 0.4) is 0 Å². The van der Waals surface area contributed by atoms with Gasteiger partial charge in [-0.2, -0.15) is 0 Å². The smallest absolute Gasteiger partial charge is 0.248 e. The number of pyridine rings is 3. The van der Waals surface area contributed by atoms with Crippen LogP contribution in [0.15, 0.2) is 67.4 Å². The highest BCUT2D eigenvalue weighted by Crippen LogP contribution is 2.33. The maximum Gasteiger partial charge on any atom is 0.248 e. The van der Waals surface area contributed by atoms with Gasteiger partial charge in [-0.3, -0.25) is 9.78 Å². The number of carbonyl (C=O) groups excluding carboxylic acids is 1. The largest absolute Gasteiger partial charge is 0.481 e. The fourth-order valence-corrected chi connectivity index (χ4v) is 3.56. The standard InChI is InChI=1S/C25H26N6O2/c1-30(2)9-5-6-23(32)29-20-10-18(13-26-15-20)19-11-21-22(16-31(3)25(21)28-14-19)17-7-8-27-24(12-17)33-4/h5-8,10-16H,9H2,1-4H3,(H,29,32)/b6-5+. The van der Waals surface area contributed by atoms with Crippen LogP contribution in [-0.2, 0) is 11.8 Å². The van der Waals surface area contributed by atoms with Crippen LogP contribution in [0, 0.1) is 0 Å². The number of nitrogens with one attached hydrogen (secondary N) is 1. The molecule has 0 unspecified atom stereocenters. The van der Waals surface area contributed by atoms with E-state index in [9.17, 15) is 4.79 Å². The van der Waals surface area contributed by atoms with Gasteiger partial charge in [-0.05, 0) is 37.9 Å². The molecular formula is C25H26N6O2. The lowest BCUT2D eigenvalue weighted by molar-refractivity contribution is -0.111. The molecule has 0 aliphatic carbocycles. The van der Waals surface area contributed by atoms with E-state index < -0.39 is 0 Å². The Morgan fingerprint density at radius 2 is 1.94 bits per heavy atom. The molecule has 0 saturated heterocycles. The summed E-state index contributed by atoms with van der Waals surface area (Å²) in [6.45, 7) is 0.695. The van der Waals surface area contributed by atoms with E-state index in [1.165, 1.54) is 6.08 Å². The Hall–Kier alpha value is -4.04. The van der Waals surface area contributed by atoms with Crippen LogP contribution in [0.25, 0.3) is 33.3 Å². The highest BCUT2D eigenvalue weighted by Gasteiger charge is 2.13. The number of nitrogens with zero attached hydrogens (tertiary/aromatic N) is 5. The van der Waals surface area contributed by atoms with Crippen LogP contribution >= 0.6 is 0 Å². The van der Waals surface area contributed by atoms with E-state index in [0.717, 1.165) is 33.3 Å². The summed E-state index contributed by atoms with van der Waals surface area (Å²) < 4.78 is 7.28. The van der Waals surface area contributed by atoms with Crippen molar-refractivity contribution in [1.82, 2.24) is 24.4 Å². The monoisotopic (exact) mass is 442 g/mol. The van der Waals surface area contributed by atoms with Gasteiger partial charge in [0.15, 0.2) is 0 Å². The lowest BCUT2D eigenvalue weighted by Gasteiger charge is -2.07. The van der Waals surface area contributed by atoms with E-state index in [4.69, 9.17) is 4.74 Å². The molecule has 4 heterocycles. The molecule has 0 aliphatic rings. The van der Waals surface area contributed by atoms with Gasteiger partial charge < -0.3 is 19.5 Å². The van der Waals surface area contributed by atoms with E-state index in [0.29, 0.717) is 18.1 Å². The zero-order valence-corrected chi connectivity index (χ0v) is 19.1. The topological polar surface area (TPSA) is 85.2 Å². The van der Waals surface area contributed by atoms with Crippen molar-refractivity contribution in [3.05, 3.63) is 67.4 Å². The van der Waals surface area contributed by atoms with Crippen LogP contribution in [-0.4, -0.2) is 58.1 Å². The van der Waals surface area contributed by atoms with Gasteiger partial charge >= 0.3 is 0 Å². The van der Waals surface area contributed by atoms with Crippen molar-refractivity contribution in [3.63, 3.8) is 0 Å². The Morgan fingerprint density at radius 1 is 1.12 bits per heavy atom. The maximum absolute atomic E-state index is 12.2. The fourth-order valence-electron chi connectivity index (χ4n) is 3.56. The predicted molar refractivity (Wildman–Crippen MR) is 130 cm³/mol. The van der Waals surface area contributed by atoms with Gasteiger partial charge in [-0.15, -0.1) is 0 Å². The molecule has 4 rings (SSSR count). The van der Waals surface area contributed by atoms with Gasteiger partial charge in [-0.1, -0.05) is 6.08 Å². The van der Waals surface area contributed by atoms with Gasteiger partial charge in [0.05, 0.1) is 19.0 Å². The number of anilines is 1. The Balaban J connectivity index is 1.66. The summed E-state index contributed by atoms with van der Waals surface area (Å²) in [4.78, 5) is 27.4. The molecule has 0 atom stereocenters. The maximum atomic E-state index is 12.2. The summed E-state index contributed by atoms with van der Waals surface area (Å²) in [6, 6.07) is 7.84. The van der Waals surface area contributed by atoms with Crippen LogP contribution in [0.4, 0.5) is 5.69 Å². The molecule has 8 nitrogen and oxygen atoms in total. The van der Waals surface area contributed by atoms with E-state index in [2.05, 4.69) is 26.3 Å². The summed E-state index contributed by atoms with van der Waals surface area (Å²) in [7, 11) is 7.47. The Labute approximate surface area is 192 Å². The molecule has 0 spiro atoms. The third kappa shape index (κ3) is 5.07. The van der Waals surface area contributed by atoms with Crippen molar-refractivity contribution in [2.24, 2.45) is 7.05 Å². The minimum absolute atomic E-state index is 0.193. The number of aryl methyl sites for hydroxylation is 1. The summed E-state index contributed by atoms with van der Waals surface area (Å²) in [5, 5.41) is 3.87. The first-order chi connectivity index (χ1) is 15.9. The number of amides is 1. The predicted octanol–water partition coefficient (Wildman–Crippen LogP) is 3.76. The van der Waals surface area contributed by atoms with E-state index in [1.807, 2.05) is 67.3 Å². The average molecular weight is 443 g/mol. The second-order valence-corrected chi connectivity index (χ2v) is 7.95. The van der Waals surface area contributed by atoms with E-state index in [-0.39, 0.29) is 5.91 Å². The zero-order chi connectivity index (χ0) is 23.4. The normalized spacial score (nSPS) is 11.4. The van der Waals surface area contributed by atoms with Crippen LogP contribution in [0.1, 0.15) is 0 Å². The summed E-state index contributed by atoms with van der Waals surface area (Å²) in [5.74, 6) is 0.363. The highest BCUT2D eigenvalue weighted by molar-refractivity contribution is 6.00. The molecule has 0 aliphatic heterocycles. The van der Waals surface area contributed by atoms with Crippen molar-refractivity contribution in [2.75, 3.05) is 33.1 Å². The van der Waals surface area contributed by atoms with Crippen molar-refractivity contribution in [1.29, 1.82) is 0 Å². The first-order valence-electron chi connectivity index (χ1n) is 10.5. The minimum atomic E-state index is -0.193. The zero-order valence-electron chi connectivity index (χ0n) is 19.1. The Bertz CT molecular complexity index is 1330. The molecule has 0 fully saturated rings. The van der Waals surface area contributed by atoms with Gasteiger partial charge in [-0.25, -0.2) is 9.97 Å². The molecule has 0 bridgehead atoms. The van der Waals surface area contributed by atoms with Crippen LogP contribution in [0.5, 0.6) is 5.88 Å². The summed E-state index contributed by atoms with van der Waals surface area (Å²) >= 11 is 0. The van der Waals surface area contributed by atoms with Crippen molar-refractivity contribution in [2.45, 2.75) is 0 Å². The number of rotatable bonds is 7. The first-order valence-corrected chi connectivity index (χ1v) is 10.5. The van der Waals surface area contributed by atoms with Crippen molar-refractivity contribution >= 4 is 22.6 Å². The number of hydrogen-bond donors (Lipinski definition) is 1. The first kappa shape index (κ1) is 22.2. The molecule has 4 aromatic rings. The number of methoxy groups -OCH3 is 1. The van der Waals surface area contributed by atoms with E-state index >= 15 is 0 Å². The minimum Gasteiger partial charge on any atom is -0.481 e. The SMILES string of the molecule is COc1cc(-c2cn(C)c3ncc(-c4cncc(NC(=O)/C=C/CN(C)C)c4)cc23)ccn1. The quantitative estimate of drug-likeness (QED) is 0.439. The summed E-state index contributed by atoms with van der Waals surface area (Å²) in [5.41, 5.74) is 5.29. The Kier molecular flexibility index (Phi) is 6.46. The molecule has 0 aromatic carbocycles. The molecule has 8 heteroatoms. The van der Waals surface area contributed by atoms with Gasteiger partial charge in [0.1, 0.15) is 5.65 Å². The number of hydrogen-bond acceptors (Lipinski definition) is 6. The average Bonchev–Trinajstić information content (AvgIpc) is 3.15. The molecule has 1 N–H and O–H groups in total. The highest BCUT2D eigenvalue weighted by atomic mass is 16.5. The van der Waals surface area contributed by atoms with Gasteiger partial charge in [0.25, 0.3) is 0 Å². The van der Waals surface area contributed by atoms with Crippen LogP contribution in [0.2, 0.25) is 0 Å². The summed E-state index contributed by atoms with van der Waals surface area (Å²) in [6.07, 6.45) is 12.3. The molecule has 33 heavy (non-hydrogen) atoms. The fraction of sp³-hybridized carbons (Fsp3) is 0.200. The van der Waals surface area contributed by atoms with Crippen LogP contribution < -0.4 is 10.1 Å². The third-order valence-corrected chi connectivity index (χ3v) is 5.15. The second kappa shape index (κ2) is 9.62. The van der Waals surface area contributed by atoms with E-state index in [1.54, 1.807) is 25.7 Å². The molecule has 0 radical (unpaired) electrons. The molecule has 4 aromatic heterocycles. The number of carbonyl (C=O) groups is 1. The Morgan fingerprint density at radius 3 is 2.73 bits per heavy atom. The molecule has 1 amide bonds. The molecule has 0 saturated carbocycles. The van der Waals surface area contributed by atoms with Crippen molar-refractivity contribution in [3.8, 4) is 28.1 Å². The molecular weight excluding hydrogens is 416 g/mol. The number of fused-ring (bicyclic) bond motifs is 1. The van der Waals surface area contributed by atoms with Gasteiger partial charge in [0.2, 0.25) is 11.8 Å². The molecule has 168 valence electrons. The van der Waals surface area contributed by atoms with Crippen molar-refractivity contribution < 1.29 is 9.53 Å². The third-order valence-electron chi connectivity index (χ3n) is 5.15. The van der Waals surface area contributed by atoms with Gasteiger partial charge in [0, 0.05) is 72.6 Å². The number of aromatic nitrogens is 4. The number of likely N-dealkylation sites (N-methyl/N-ethyl adjacent to an activating group) is 1. The second-order valence-electron chi connectivity index (χ2n) is 7.95. The lowest BCUT2D eigenvalue weighted by atomic mass is 10.0. The lowest BCUT2D eigenvalue weighted by Crippen LogP contribution is -2.13. The number of ether oxygens (including phenoxy) is 1.